The molecule has 1 unspecified atom stereocenters. The highest BCUT2D eigenvalue weighted by atomic mass is 35.5. The monoisotopic (exact) mass is 251 g/mol. The average Bonchev–Trinajstić information content (AvgIpc) is 2.66. The minimum absolute atomic E-state index is 0.0245. The summed E-state index contributed by atoms with van der Waals surface area (Å²) in [6, 6.07) is 6.07. The summed E-state index contributed by atoms with van der Waals surface area (Å²) >= 11 is 6.05. The SMILES string of the molecule is CCC(N)c1nc2ccc(Cl)cc2n1C(C)C. The van der Waals surface area contributed by atoms with Gasteiger partial charge in [0.1, 0.15) is 5.82 Å². The lowest BCUT2D eigenvalue weighted by Gasteiger charge is -2.16. The van der Waals surface area contributed by atoms with Gasteiger partial charge in [-0.05, 0) is 38.5 Å². The summed E-state index contributed by atoms with van der Waals surface area (Å²) in [6.45, 7) is 6.34. The van der Waals surface area contributed by atoms with Gasteiger partial charge in [-0.3, -0.25) is 0 Å². The molecular formula is C13H18ClN3. The lowest BCUT2D eigenvalue weighted by Crippen LogP contribution is -2.17. The normalized spacial score (nSPS) is 13.5. The molecule has 4 heteroatoms. The third-order valence-electron chi connectivity index (χ3n) is 2.97. The zero-order chi connectivity index (χ0) is 12.6. The van der Waals surface area contributed by atoms with Gasteiger partial charge in [0.25, 0.3) is 0 Å². The number of hydrogen-bond donors (Lipinski definition) is 1. The van der Waals surface area contributed by atoms with Crippen molar-refractivity contribution in [1.29, 1.82) is 0 Å². The summed E-state index contributed by atoms with van der Waals surface area (Å²) in [7, 11) is 0. The van der Waals surface area contributed by atoms with E-state index in [9.17, 15) is 0 Å². The number of halogens is 1. The second-order valence-electron chi connectivity index (χ2n) is 4.58. The molecule has 0 aliphatic rings. The first-order chi connectivity index (χ1) is 8.04. The molecular weight excluding hydrogens is 234 g/mol. The molecule has 3 nitrogen and oxygen atoms in total. The van der Waals surface area contributed by atoms with E-state index in [0.717, 1.165) is 28.3 Å². The van der Waals surface area contributed by atoms with Gasteiger partial charge in [-0.25, -0.2) is 4.98 Å². The number of nitrogens with zero attached hydrogens (tertiary/aromatic N) is 2. The average molecular weight is 252 g/mol. The molecule has 0 amide bonds. The molecule has 1 aromatic carbocycles. The standard InChI is InChI=1S/C13H18ClN3/c1-4-10(15)13-16-11-6-5-9(14)7-12(11)17(13)8(2)3/h5-8,10H,4,15H2,1-3H3. The van der Waals surface area contributed by atoms with Gasteiger partial charge in [0, 0.05) is 11.1 Å². The van der Waals surface area contributed by atoms with Crippen LogP contribution in [0.1, 0.15) is 45.1 Å². The van der Waals surface area contributed by atoms with Crippen LogP contribution in [-0.4, -0.2) is 9.55 Å². The van der Waals surface area contributed by atoms with Crippen LogP contribution in [0.5, 0.6) is 0 Å². The maximum absolute atomic E-state index is 6.12. The molecule has 0 aliphatic carbocycles. The van der Waals surface area contributed by atoms with Gasteiger partial charge in [-0.2, -0.15) is 0 Å². The number of aromatic nitrogens is 2. The second-order valence-corrected chi connectivity index (χ2v) is 5.02. The summed E-state index contributed by atoms with van der Waals surface area (Å²) in [4.78, 5) is 4.63. The molecule has 0 radical (unpaired) electrons. The van der Waals surface area contributed by atoms with E-state index >= 15 is 0 Å². The lowest BCUT2D eigenvalue weighted by atomic mass is 10.2. The van der Waals surface area contributed by atoms with Crippen molar-refractivity contribution in [3.63, 3.8) is 0 Å². The van der Waals surface area contributed by atoms with Gasteiger partial charge in [0.05, 0.1) is 17.1 Å². The lowest BCUT2D eigenvalue weighted by molar-refractivity contribution is 0.535. The van der Waals surface area contributed by atoms with Gasteiger partial charge in [-0.15, -0.1) is 0 Å². The quantitative estimate of drug-likeness (QED) is 0.904. The summed E-state index contributed by atoms with van der Waals surface area (Å²) < 4.78 is 2.18. The first kappa shape index (κ1) is 12.4. The summed E-state index contributed by atoms with van der Waals surface area (Å²) in [5.41, 5.74) is 8.14. The van der Waals surface area contributed by atoms with E-state index in [-0.39, 0.29) is 6.04 Å². The van der Waals surface area contributed by atoms with E-state index in [1.54, 1.807) is 0 Å². The molecule has 0 saturated heterocycles. The van der Waals surface area contributed by atoms with Crippen LogP contribution in [-0.2, 0) is 0 Å². The predicted octanol–water partition coefficient (Wildman–Crippen LogP) is 3.68. The molecule has 2 N–H and O–H groups in total. The van der Waals surface area contributed by atoms with Crippen molar-refractivity contribution in [3.8, 4) is 0 Å². The molecule has 92 valence electrons. The molecule has 2 aromatic rings. The molecule has 1 aromatic heterocycles. The van der Waals surface area contributed by atoms with E-state index in [2.05, 4.69) is 30.3 Å². The Kier molecular flexibility index (Phi) is 3.40. The van der Waals surface area contributed by atoms with Crippen molar-refractivity contribution in [2.45, 2.75) is 39.3 Å². The molecule has 2 rings (SSSR count). The Bertz CT molecular complexity index is 531. The molecule has 0 saturated carbocycles. The van der Waals surface area contributed by atoms with E-state index < -0.39 is 0 Å². The van der Waals surface area contributed by atoms with Crippen LogP contribution in [0.4, 0.5) is 0 Å². The third kappa shape index (κ3) is 2.17. The fraction of sp³-hybridized carbons (Fsp3) is 0.462. The Morgan fingerprint density at radius 2 is 2.12 bits per heavy atom. The predicted molar refractivity (Wildman–Crippen MR) is 72.3 cm³/mol. The second kappa shape index (κ2) is 4.67. The van der Waals surface area contributed by atoms with E-state index in [4.69, 9.17) is 17.3 Å². The Labute approximate surface area is 107 Å². The maximum Gasteiger partial charge on any atom is 0.127 e. The van der Waals surface area contributed by atoms with E-state index in [1.165, 1.54) is 0 Å². The van der Waals surface area contributed by atoms with Gasteiger partial charge in [0.15, 0.2) is 0 Å². The van der Waals surface area contributed by atoms with Gasteiger partial charge < -0.3 is 10.3 Å². The number of fused-ring (bicyclic) bond motifs is 1. The Hall–Kier alpha value is -1.06. The van der Waals surface area contributed by atoms with Crippen LogP contribution in [0.3, 0.4) is 0 Å². The Morgan fingerprint density at radius 3 is 2.71 bits per heavy atom. The molecule has 0 aliphatic heterocycles. The summed E-state index contributed by atoms with van der Waals surface area (Å²) in [5.74, 6) is 0.944. The fourth-order valence-corrected chi connectivity index (χ4v) is 2.24. The largest absolute Gasteiger partial charge is 0.324 e. The van der Waals surface area contributed by atoms with E-state index in [1.807, 2.05) is 18.2 Å². The van der Waals surface area contributed by atoms with Crippen molar-refractivity contribution < 1.29 is 0 Å². The fourth-order valence-electron chi connectivity index (χ4n) is 2.07. The highest BCUT2D eigenvalue weighted by molar-refractivity contribution is 6.31. The maximum atomic E-state index is 6.12. The molecule has 1 heterocycles. The van der Waals surface area contributed by atoms with E-state index in [0.29, 0.717) is 6.04 Å². The minimum atomic E-state index is -0.0245. The van der Waals surface area contributed by atoms with Crippen LogP contribution >= 0.6 is 11.6 Å². The van der Waals surface area contributed by atoms with Crippen LogP contribution < -0.4 is 5.73 Å². The molecule has 1 atom stereocenters. The molecule has 17 heavy (non-hydrogen) atoms. The van der Waals surface area contributed by atoms with Crippen molar-refractivity contribution in [2.24, 2.45) is 5.73 Å². The van der Waals surface area contributed by atoms with Crippen LogP contribution in [0.15, 0.2) is 18.2 Å². The van der Waals surface area contributed by atoms with Crippen LogP contribution in [0.2, 0.25) is 5.02 Å². The van der Waals surface area contributed by atoms with Crippen molar-refractivity contribution in [2.75, 3.05) is 0 Å². The van der Waals surface area contributed by atoms with Crippen LogP contribution in [0.25, 0.3) is 11.0 Å². The number of benzene rings is 1. The first-order valence-corrected chi connectivity index (χ1v) is 6.35. The number of imidazole rings is 1. The summed E-state index contributed by atoms with van der Waals surface area (Å²) in [6.07, 6.45) is 0.879. The van der Waals surface area contributed by atoms with Gasteiger partial charge >= 0.3 is 0 Å². The van der Waals surface area contributed by atoms with Crippen molar-refractivity contribution in [1.82, 2.24) is 9.55 Å². The van der Waals surface area contributed by atoms with Crippen LogP contribution in [0, 0.1) is 0 Å². The zero-order valence-electron chi connectivity index (χ0n) is 10.4. The van der Waals surface area contributed by atoms with Gasteiger partial charge in [-0.1, -0.05) is 18.5 Å². The highest BCUT2D eigenvalue weighted by Gasteiger charge is 2.17. The topological polar surface area (TPSA) is 43.8 Å². The smallest absolute Gasteiger partial charge is 0.127 e. The van der Waals surface area contributed by atoms with Gasteiger partial charge in [0.2, 0.25) is 0 Å². The first-order valence-electron chi connectivity index (χ1n) is 5.97. The van der Waals surface area contributed by atoms with Crippen molar-refractivity contribution >= 4 is 22.6 Å². The number of nitrogens with two attached hydrogens (primary N) is 1. The summed E-state index contributed by atoms with van der Waals surface area (Å²) in [5, 5.41) is 0.732. The third-order valence-corrected chi connectivity index (χ3v) is 3.20. The molecule has 0 spiro atoms. The van der Waals surface area contributed by atoms with Crippen molar-refractivity contribution in [3.05, 3.63) is 29.0 Å². The Balaban J connectivity index is 2.71. The minimum Gasteiger partial charge on any atom is -0.324 e. The molecule has 0 fully saturated rings. The molecule has 0 bridgehead atoms. The Morgan fingerprint density at radius 1 is 1.41 bits per heavy atom. The zero-order valence-corrected chi connectivity index (χ0v) is 11.2. The number of hydrogen-bond acceptors (Lipinski definition) is 2. The highest BCUT2D eigenvalue weighted by Crippen LogP contribution is 2.27. The number of rotatable bonds is 3.